The van der Waals surface area contributed by atoms with E-state index in [0.717, 1.165) is 18.4 Å². The van der Waals surface area contributed by atoms with E-state index in [9.17, 15) is 5.11 Å². The van der Waals surface area contributed by atoms with Crippen LogP contribution in [0.3, 0.4) is 0 Å². The molecule has 0 radical (unpaired) electrons. The molecule has 1 unspecified atom stereocenters. The maximum absolute atomic E-state index is 9.84. The molecule has 0 aromatic carbocycles. The van der Waals surface area contributed by atoms with Crippen molar-refractivity contribution < 1.29 is 5.11 Å². The average molecular weight is 222 g/mol. The Hall–Kier alpha value is -0.960. The minimum atomic E-state index is -0.498. The molecule has 0 saturated heterocycles. The van der Waals surface area contributed by atoms with Gasteiger partial charge in [0.15, 0.2) is 5.82 Å². The van der Waals surface area contributed by atoms with E-state index >= 15 is 0 Å². The zero-order valence-electron chi connectivity index (χ0n) is 10.3. The molecular formula is C13H22N2O. The van der Waals surface area contributed by atoms with Gasteiger partial charge in [0.25, 0.3) is 0 Å². The van der Waals surface area contributed by atoms with Gasteiger partial charge >= 0.3 is 0 Å². The molecule has 90 valence electrons. The van der Waals surface area contributed by atoms with E-state index in [-0.39, 0.29) is 0 Å². The Bertz CT molecular complexity index is 284. The normalized spacial score (nSPS) is 12.7. The molecule has 0 aliphatic heterocycles. The molecule has 0 aliphatic carbocycles. The van der Waals surface area contributed by atoms with E-state index in [1.54, 1.807) is 12.4 Å². The largest absolute Gasteiger partial charge is 0.385 e. The molecule has 3 heteroatoms. The van der Waals surface area contributed by atoms with Crippen LogP contribution < -0.4 is 0 Å². The number of hydrogen-bond donors (Lipinski definition) is 1. The molecular weight excluding hydrogens is 200 g/mol. The Balaban J connectivity index is 2.24. The third kappa shape index (κ3) is 4.71. The molecule has 0 bridgehead atoms. The van der Waals surface area contributed by atoms with Gasteiger partial charge in [0.1, 0.15) is 6.10 Å². The molecule has 1 rings (SSSR count). The van der Waals surface area contributed by atoms with Gasteiger partial charge in [-0.3, -0.25) is 0 Å². The van der Waals surface area contributed by atoms with Crippen LogP contribution >= 0.6 is 0 Å². The average Bonchev–Trinajstić information content (AvgIpc) is 2.29. The highest BCUT2D eigenvalue weighted by Crippen LogP contribution is 2.16. The lowest BCUT2D eigenvalue weighted by molar-refractivity contribution is 0.153. The lowest BCUT2D eigenvalue weighted by Crippen LogP contribution is -2.03. The summed E-state index contributed by atoms with van der Waals surface area (Å²) in [5, 5.41) is 9.84. The SMILES string of the molecule is CCCCCCCC(O)c1ncc(C)cn1. The van der Waals surface area contributed by atoms with Gasteiger partial charge in [-0.05, 0) is 18.9 Å². The van der Waals surface area contributed by atoms with Crippen molar-refractivity contribution in [2.75, 3.05) is 0 Å². The number of rotatable bonds is 7. The first kappa shape index (κ1) is 13.1. The molecule has 0 fully saturated rings. The van der Waals surface area contributed by atoms with Gasteiger partial charge < -0.3 is 5.11 Å². The van der Waals surface area contributed by atoms with Gasteiger partial charge in [0.2, 0.25) is 0 Å². The summed E-state index contributed by atoms with van der Waals surface area (Å²) >= 11 is 0. The zero-order chi connectivity index (χ0) is 11.8. The maximum atomic E-state index is 9.84. The molecule has 0 spiro atoms. The number of aromatic nitrogens is 2. The van der Waals surface area contributed by atoms with E-state index in [0.29, 0.717) is 5.82 Å². The Morgan fingerprint density at radius 1 is 1.12 bits per heavy atom. The molecule has 16 heavy (non-hydrogen) atoms. The fraction of sp³-hybridized carbons (Fsp3) is 0.692. The Labute approximate surface area is 97.9 Å². The van der Waals surface area contributed by atoms with Crippen molar-refractivity contribution >= 4 is 0 Å². The van der Waals surface area contributed by atoms with Crippen molar-refractivity contribution in [2.45, 2.75) is 58.5 Å². The van der Waals surface area contributed by atoms with Crippen molar-refractivity contribution in [1.82, 2.24) is 9.97 Å². The lowest BCUT2D eigenvalue weighted by Gasteiger charge is -2.08. The van der Waals surface area contributed by atoms with E-state index < -0.39 is 6.10 Å². The van der Waals surface area contributed by atoms with Gasteiger partial charge in [-0.2, -0.15) is 0 Å². The van der Waals surface area contributed by atoms with Crippen LogP contribution in [0, 0.1) is 6.92 Å². The van der Waals surface area contributed by atoms with E-state index in [4.69, 9.17) is 0 Å². The van der Waals surface area contributed by atoms with Crippen molar-refractivity contribution in [3.05, 3.63) is 23.8 Å². The number of unbranched alkanes of at least 4 members (excludes halogenated alkanes) is 4. The topological polar surface area (TPSA) is 46.0 Å². The second kappa shape index (κ2) is 7.34. The Morgan fingerprint density at radius 3 is 2.38 bits per heavy atom. The van der Waals surface area contributed by atoms with Crippen LogP contribution in [0.25, 0.3) is 0 Å². The van der Waals surface area contributed by atoms with Crippen molar-refractivity contribution in [1.29, 1.82) is 0 Å². The summed E-state index contributed by atoms with van der Waals surface area (Å²) in [5.74, 6) is 0.557. The predicted molar refractivity (Wildman–Crippen MR) is 65.1 cm³/mol. The quantitative estimate of drug-likeness (QED) is 0.721. The first-order valence-electron chi connectivity index (χ1n) is 6.20. The molecule has 1 heterocycles. The highest BCUT2D eigenvalue weighted by molar-refractivity contribution is 5.03. The third-order valence-electron chi connectivity index (χ3n) is 2.68. The van der Waals surface area contributed by atoms with Crippen molar-refractivity contribution in [3.8, 4) is 0 Å². The maximum Gasteiger partial charge on any atom is 0.156 e. The summed E-state index contributed by atoms with van der Waals surface area (Å²) in [4.78, 5) is 8.26. The van der Waals surface area contributed by atoms with Crippen LogP contribution in [0.4, 0.5) is 0 Å². The molecule has 1 aromatic heterocycles. The summed E-state index contributed by atoms with van der Waals surface area (Å²) in [6, 6.07) is 0. The first-order chi connectivity index (χ1) is 7.74. The van der Waals surface area contributed by atoms with Crippen LogP contribution in [-0.2, 0) is 0 Å². The monoisotopic (exact) mass is 222 g/mol. The molecule has 3 nitrogen and oxygen atoms in total. The van der Waals surface area contributed by atoms with E-state index in [1.165, 1.54) is 25.7 Å². The Morgan fingerprint density at radius 2 is 1.75 bits per heavy atom. The van der Waals surface area contributed by atoms with E-state index in [2.05, 4.69) is 16.9 Å². The minimum absolute atomic E-state index is 0.498. The van der Waals surface area contributed by atoms with Crippen LogP contribution in [0.15, 0.2) is 12.4 Å². The standard InChI is InChI=1S/C13H22N2O/c1-3-4-5-6-7-8-12(16)13-14-9-11(2)10-15-13/h9-10,12,16H,3-8H2,1-2H3. The van der Waals surface area contributed by atoms with Crippen LogP contribution in [0.1, 0.15) is 62.9 Å². The third-order valence-corrected chi connectivity index (χ3v) is 2.68. The van der Waals surface area contributed by atoms with Gasteiger partial charge in [0.05, 0.1) is 0 Å². The number of aliphatic hydroxyl groups excluding tert-OH is 1. The number of aryl methyl sites for hydroxylation is 1. The number of aliphatic hydroxyl groups is 1. The van der Waals surface area contributed by atoms with Crippen LogP contribution in [0.5, 0.6) is 0 Å². The highest BCUT2D eigenvalue weighted by Gasteiger charge is 2.09. The molecule has 1 N–H and O–H groups in total. The smallest absolute Gasteiger partial charge is 0.156 e. The zero-order valence-corrected chi connectivity index (χ0v) is 10.3. The summed E-state index contributed by atoms with van der Waals surface area (Å²) in [7, 11) is 0. The van der Waals surface area contributed by atoms with Gasteiger partial charge in [-0.1, -0.05) is 39.0 Å². The number of nitrogens with zero attached hydrogens (tertiary/aromatic N) is 2. The molecule has 0 amide bonds. The van der Waals surface area contributed by atoms with Crippen LogP contribution in [-0.4, -0.2) is 15.1 Å². The lowest BCUT2D eigenvalue weighted by atomic mass is 10.1. The second-order valence-corrected chi connectivity index (χ2v) is 4.34. The number of hydrogen-bond acceptors (Lipinski definition) is 3. The van der Waals surface area contributed by atoms with Crippen molar-refractivity contribution in [2.24, 2.45) is 0 Å². The fourth-order valence-corrected chi connectivity index (χ4v) is 1.64. The molecule has 1 atom stereocenters. The molecule has 0 aliphatic rings. The Kier molecular flexibility index (Phi) is 6.01. The first-order valence-corrected chi connectivity index (χ1v) is 6.20. The predicted octanol–water partition coefficient (Wildman–Crippen LogP) is 3.18. The fourth-order valence-electron chi connectivity index (χ4n) is 1.64. The summed E-state index contributed by atoms with van der Waals surface area (Å²) in [6.07, 6.45) is 9.83. The summed E-state index contributed by atoms with van der Waals surface area (Å²) < 4.78 is 0. The summed E-state index contributed by atoms with van der Waals surface area (Å²) in [6.45, 7) is 4.15. The van der Waals surface area contributed by atoms with Crippen molar-refractivity contribution in [3.63, 3.8) is 0 Å². The molecule has 0 saturated carbocycles. The van der Waals surface area contributed by atoms with E-state index in [1.807, 2.05) is 6.92 Å². The summed E-state index contributed by atoms with van der Waals surface area (Å²) in [5.41, 5.74) is 1.03. The molecule has 1 aromatic rings. The van der Waals surface area contributed by atoms with Gasteiger partial charge in [0, 0.05) is 12.4 Å². The van der Waals surface area contributed by atoms with Crippen LogP contribution in [0.2, 0.25) is 0 Å². The highest BCUT2D eigenvalue weighted by atomic mass is 16.3. The van der Waals surface area contributed by atoms with Gasteiger partial charge in [-0.15, -0.1) is 0 Å². The minimum Gasteiger partial charge on any atom is -0.385 e. The second-order valence-electron chi connectivity index (χ2n) is 4.34. The van der Waals surface area contributed by atoms with Gasteiger partial charge in [-0.25, -0.2) is 9.97 Å².